The summed E-state index contributed by atoms with van der Waals surface area (Å²) in [5, 5.41) is 22.6. The Labute approximate surface area is 148 Å². The number of nitrogens with one attached hydrogen (secondary N) is 1. The van der Waals surface area contributed by atoms with Crippen LogP contribution in [-0.2, 0) is 0 Å². The molecule has 6 heteroatoms. The van der Waals surface area contributed by atoms with Crippen LogP contribution in [-0.4, -0.2) is 38.4 Å². The van der Waals surface area contributed by atoms with E-state index in [0.29, 0.717) is 11.8 Å². The Hall–Kier alpha value is -1.95. The van der Waals surface area contributed by atoms with Crippen LogP contribution in [0.3, 0.4) is 0 Å². The number of phenols is 1. The number of aromatic hydroxyl groups is 1. The maximum absolute atomic E-state index is 9.69. The van der Waals surface area contributed by atoms with Crippen molar-refractivity contribution >= 4 is 0 Å². The minimum Gasteiger partial charge on any atom is -0.508 e. The average Bonchev–Trinajstić information content (AvgIpc) is 3.30. The average molecular weight is 342 g/mol. The van der Waals surface area contributed by atoms with E-state index in [-0.39, 0.29) is 6.04 Å². The molecule has 1 saturated carbocycles. The van der Waals surface area contributed by atoms with Crippen LogP contribution < -0.4 is 4.90 Å². The monoisotopic (exact) mass is 342 g/mol. The maximum Gasteiger partial charge on any atom is 0.214 e. The Balaban J connectivity index is 1.70. The first kappa shape index (κ1) is 16.5. The molecule has 1 aromatic carbocycles. The van der Waals surface area contributed by atoms with Gasteiger partial charge in [0.05, 0.1) is 19.1 Å². The summed E-state index contributed by atoms with van der Waals surface area (Å²) in [5.74, 6) is 2.09. The van der Waals surface area contributed by atoms with Gasteiger partial charge in [0.25, 0.3) is 0 Å². The van der Waals surface area contributed by atoms with Crippen molar-refractivity contribution < 1.29 is 10.0 Å². The summed E-state index contributed by atoms with van der Waals surface area (Å²) < 4.78 is 2.09. The third-order valence-electron chi connectivity index (χ3n) is 6.00. The number of hydrogen-bond donors (Lipinski definition) is 2. The predicted octanol–water partition coefficient (Wildman–Crippen LogP) is 1.90. The zero-order valence-electron chi connectivity index (χ0n) is 14.9. The number of piperidine rings is 1. The molecule has 134 valence electrons. The molecular weight excluding hydrogens is 314 g/mol. The second-order valence-electron chi connectivity index (χ2n) is 7.79. The fourth-order valence-electron chi connectivity index (χ4n) is 4.46. The van der Waals surface area contributed by atoms with Crippen LogP contribution in [0.15, 0.2) is 24.3 Å². The van der Waals surface area contributed by atoms with E-state index in [1.165, 1.54) is 49.0 Å². The van der Waals surface area contributed by atoms with Gasteiger partial charge in [-0.05, 0) is 66.3 Å². The molecule has 25 heavy (non-hydrogen) atoms. The van der Waals surface area contributed by atoms with E-state index in [9.17, 15) is 5.11 Å². The van der Waals surface area contributed by atoms with Crippen molar-refractivity contribution in [2.75, 3.05) is 13.1 Å². The highest BCUT2D eigenvalue weighted by atomic mass is 16.3. The molecule has 2 N–H and O–H groups in total. The molecule has 2 heterocycles. The van der Waals surface area contributed by atoms with Crippen LogP contribution in [0.1, 0.15) is 68.9 Å². The van der Waals surface area contributed by atoms with E-state index in [1.807, 2.05) is 12.1 Å². The molecule has 6 nitrogen and oxygen atoms in total. The lowest BCUT2D eigenvalue weighted by molar-refractivity contribution is -0.932. The molecule has 1 aliphatic carbocycles. The number of aromatic nitrogens is 4. The second-order valence-corrected chi connectivity index (χ2v) is 7.79. The van der Waals surface area contributed by atoms with Gasteiger partial charge in [-0.1, -0.05) is 19.8 Å². The topological polar surface area (TPSA) is 68.3 Å². The number of rotatable bonds is 4. The van der Waals surface area contributed by atoms with Gasteiger partial charge in [-0.25, -0.2) is 4.68 Å². The molecule has 4 rings (SSSR count). The number of benzene rings is 1. The molecule has 0 amide bonds. The largest absolute Gasteiger partial charge is 0.508 e. The van der Waals surface area contributed by atoms with Crippen LogP contribution in [0.5, 0.6) is 5.75 Å². The number of phenolic OH excluding ortho intramolecular Hbond substituents is 1. The molecule has 0 unspecified atom stereocenters. The third kappa shape index (κ3) is 3.40. The summed E-state index contributed by atoms with van der Waals surface area (Å²) in [7, 11) is 0. The minimum absolute atomic E-state index is 0.142. The van der Waals surface area contributed by atoms with E-state index in [4.69, 9.17) is 0 Å². The summed E-state index contributed by atoms with van der Waals surface area (Å²) in [6.07, 6.45) is 7.37. The van der Waals surface area contributed by atoms with Crippen LogP contribution in [0.25, 0.3) is 0 Å². The quantitative estimate of drug-likeness (QED) is 0.890. The molecule has 1 aromatic heterocycles. The van der Waals surface area contributed by atoms with E-state index in [1.54, 1.807) is 12.1 Å². The van der Waals surface area contributed by atoms with Gasteiger partial charge in [0.2, 0.25) is 5.82 Å². The van der Waals surface area contributed by atoms with Gasteiger partial charge in [-0.2, -0.15) is 0 Å². The van der Waals surface area contributed by atoms with E-state index >= 15 is 0 Å². The van der Waals surface area contributed by atoms with Gasteiger partial charge in [0, 0.05) is 5.56 Å². The zero-order chi connectivity index (χ0) is 17.2. The second kappa shape index (κ2) is 7.12. The Morgan fingerprint density at radius 3 is 2.44 bits per heavy atom. The zero-order valence-corrected chi connectivity index (χ0v) is 14.9. The summed E-state index contributed by atoms with van der Waals surface area (Å²) in [5.41, 5.74) is 1.19. The van der Waals surface area contributed by atoms with Gasteiger partial charge in [-0.15, -0.1) is 5.10 Å². The number of tetrazole rings is 1. The lowest BCUT2D eigenvalue weighted by atomic mass is 9.95. The van der Waals surface area contributed by atoms with Crippen molar-refractivity contribution in [3.05, 3.63) is 35.7 Å². The van der Waals surface area contributed by atoms with Crippen LogP contribution in [0.4, 0.5) is 0 Å². The van der Waals surface area contributed by atoms with Gasteiger partial charge >= 0.3 is 0 Å². The number of likely N-dealkylation sites (tertiary alicyclic amines) is 1. The minimum atomic E-state index is 0.142. The van der Waals surface area contributed by atoms with Crippen LogP contribution >= 0.6 is 0 Å². The lowest BCUT2D eigenvalue weighted by Gasteiger charge is -2.33. The standard InChI is InChI=1S/C19H27N5O/c1-14-10-12-23(13-11-14)18(15-6-8-17(25)9-7-15)19-20-21-22-24(19)16-4-2-3-5-16/h6-9,14,16,18,25H,2-5,10-13H2,1H3/p+1/t18-/m0/s1. The predicted molar refractivity (Wildman–Crippen MR) is 94.4 cm³/mol. The van der Waals surface area contributed by atoms with E-state index in [0.717, 1.165) is 24.8 Å². The highest BCUT2D eigenvalue weighted by molar-refractivity contribution is 5.29. The Bertz CT molecular complexity index is 684. The van der Waals surface area contributed by atoms with E-state index < -0.39 is 0 Å². The highest BCUT2D eigenvalue weighted by Crippen LogP contribution is 2.31. The molecule has 0 spiro atoms. The summed E-state index contributed by atoms with van der Waals surface area (Å²) in [4.78, 5) is 1.54. The molecule has 1 aliphatic heterocycles. The third-order valence-corrected chi connectivity index (χ3v) is 6.00. The lowest BCUT2D eigenvalue weighted by Crippen LogP contribution is -3.13. The fraction of sp³-hybridized carbons (Fsp3) is 0.632. The molecule has 1 saturated heterocycles. The van der Waals surface area contributed by atoms with Crippen molar-refractivity contribution in [1.82, 2.24) is 20.2 Å². The first-order valence-corrected chi connectivity index (χ1v) is 9.63. The number of nitrogens with zero attached hydrogens (tertiary/aromatic N) is 4. The van der Waals surface area contributed by atoms with E-state index in [2.05, 4.69) is 27.1 Å². The first-order valence-electron chi connectivity index (χ1n) is 9.63. The summed E-state index contributed by atoms with van der Waals surface area (Å²) in [6.45, 7) is 4.63. The van der Waals surface area contributed by atoms with Crippen LogP contribution in [0.2, 0.25) is 0 Å². The molecule has 0 radical (unpaired) electrons. The molecule has 0 bridgehead atoms. The molecule has 2 fully saturated rings. The SMILES string of the molecule is CC1CC[NH+]([C@@H](c2ccc(O)cc2)c2nnnn2C2CCCC2)CC1. The first-order chi connectivity index (χ1) is 12.2. The van der Waals surface area contributed by atoms with Gasteiger partial charge < -0.3 is 10.0 Å². The van der Waals surface area contributed by atoms with Crippen molar-refractivity contribution in [3.8, 4) is 5.75 Å². The van der Waals surface area contributed by atoms with Gasteiger partial charge in [-0.3, -0.25) is 0 Å². The number of hydrogen-bond acceptors (Lipinski definition) is 4. The van der Waals surface area contributed by atoms with Gasteiger partial charge in [0.1, 0.15) is 5.75 Å². The maximum atomic E-state index is 9.69. The fourth-order valence-corrected chi connectivity index (χ4v) is 4.46. The molecular formula is C19H28N5O+. The van der Waals surface area contributed by atoms with Crippen molar-refractivity contribution in [2.45, 2.75) is 57.5 Å². The normalized spacial score (nSPS) is 26.0. The smallest absolute Gasteiger partial charge is 0.214 e. The van der Waals surface area contributed by atoms with Crippen LogP contribution in [0, 0.1) is 5.92 Å². The highest BCUT2D eigenvalue weighted by Gasteiger charge is 2.35. The Morgan fingerprint density at radius 1 is 1.08 bits per heavy atom. The summed E-state index contributed by atoms with van der Waals surface area (Å²) in [6, 6.07) is 8.18. The van der Waals surface area contributed by atoms with Gasteiger partial charge in [0.15, 0.2) is 6.04 Å². The Kier molecular flexibility index (Phi) is 4.70. The molecule has 2 aliphatic rings. The summed E-state index contributed by atoms with van der Waals surface area (Å²) >= 11 is 0. The Morgan fingerprint density at radius 2 is 1.76 bits per heavy atom. The molecule has 1 atom stereocenters. The van der Waals surface area contributed by atoms with Crippen molar-refractivity contribution in [2.24, 2.45) is 5.92 Å². The molecule has 2 aromatic rings. The van der Waals surface area contributed by atoms with Crippen molar-refractivity contribution in [1.29, 1.82) is 0 Å². The van der Waals surface area contributed by atoms with Crippen molar-refractivity contribution in [3.63, 3.8) is 0 Å². The number of quaternary nitrogens is 1.